The van der Waals surface area contributed by atoms with Gasteiger partial charge < -0.3 is 10.0 Å². The Balaban J connectivity index is 3.22. The summed E-state index contributed by atoms with van der Waals surface area (Å²) in [6.07, 6.45) is 0.302. The van der Waals surface area contributed by atoms with Crippen LogP contribution < -0.4 is 4.90 Å². The molecule has 0 bridgehead atoms. The highest BCUT2D eigenvalue weighted by Crippen LogP contribution is 2.31. The third-order valence-electron chi connectivity index (χ3n) is 3.57. The number of hydrogen-bond acceptors (Lipinski definition) is 2. The Hall–Kier alpha value is -1.09. The van der Waals surface area contributed by atoms with Crippen molar-refractivity contribution in [2.24, 2.45) is 0 Å². The van der Waals surface area contributed by atoms with Crippen molar-refractivity contribution in [2.45, 2.75) is 45.8 Å². The molecule has 1 aromatic rings. The number of rotatable bonds is 4. The highest BCUT2D eigenvalue weighted by atomic mass is 19.1. The quantitative estimate of drug-likeness (QED) is 0.869. The van der Waals surface area contributed by atoms with E-state index in [4.69, 9.17) is 0 Å². The lowest BCUT2D eigenvalue weighted by Crippen LogP contribution is -2.41. The summed E-state index contributed by atoms with van der Waals surface area (Å²) < 4.78 is 13.2. The maximum Gasteiger partial charge on any atom is 0.123 e. The van der Waals surface area contributed by atoms with Gasteiger partial charge in [0.05, 0.1) is 6.10 Å². The Morgan fingerprint density at radius 1 is 1.41 bits per heavy atom. The van der Waals surface area contributed by atoms with Gasteiger partial charge in [-0.05, 0) is 45.4 Å². The molecule has 0 amide bonds. The van der Waals surface area contributed by atoms with Gasteiger partial charge in [-0.1, -0.05) is 6.92 Å². The van der Waals surface area contributed by atoms with Gasteiger partial charge >= 0.3 is 0 Å². The summed E-state index contributed by atoms with van der Waals surface area (Å²) in [5.41, 5.74) is 1.49. The van der Waals surface area contributed by atoms with Crippen molar-refractivity contribution in [3.63, 3.8) is 0 Å². The topological polar surface area (TPSA) is 23.5 Å². The standard InChI is InChI=1S/C14H22FNO/c1-6-14(3,4)16(5)13-8-7-11(15)9-12(13)10(2)17/h7-10,17H,6H2,1-5H3/t10-/m0/s1. The zero-order valence-corrected chi connectivity index (χ0v) is 11.3. The van der Waals surface area contributed by atoms with E-state index < -0.39 is 6.10 Å². The molecule has 0 unspecified atom stereocenters. The second-order valence-electron chi connectivity index (χ2n) is 5.10. The van der Waals surface area contributed by atoms with Crippen molar-refractivity contribution < 1.29 is 9.50 Å². The predicted octanol–water partition coefficient (Wildman–Crippen LogP) is 3.50. The lowest BCUT2D eigenvalue weighted by atomic mass is 9.97. The number of benzene rings is 1. The number of aliphatic hydroxyl groups excluding tert-OH is 1. The molecule has 0 aliphatic carbocycles. The van der Waals surface area contributed by atoms with Crippen LogP contribution in [-0.2, 0) is 0 Å². The Morgan fingerprint density at radius 2 is 2.00 bits per heavy atom. The average Bonchev–Trinajstić information content (AvgIpc) is 2.28. The van der Waals surface area contributed by atoms with Crippen molar-refractivity contribution in [2.75, 3.05) is 11.9 Å². The molecule has 0 saturated carbocycles. The van der Waals surface area contributed by atoms with E-state index >= 15 is 0 Å². The molecule has 0 aromatic heterocycles. The minimum atomic E-state index is -0.671. The zero-order valence-electron chi connectivity index (χ0n) is 11.3. The summed E-state index contributed by atoms with van der Waals surface area (Å²) >= 11 is 0. The van der Waals surface area contributed by atoms with Crippen LogP contribution in [0.2, 0.25) is 0 Å². The first-order valence-electron chi connectivity index (χ1n) is 6.01. The van der Waals surface area contributed by atoms with Crippen LogP contribution in [0.3, 0.4) is 0 Å². The maximum atomic E-state index is 13.2. The minimum absolute atomic E-state index is 0.0263. The van der Waals surface area contributed by atoms with E-state index in [1.54, 1.807) is 13.0 Å². The van der Waals surface area contributed by atoms with E-state index in [-0.39, 0.29) is 11.4 Å². The molecule has 96 valence electrons. The smallest absolute Gasteiger partial charge is 0.123 e. The zero-order chi connectivity index (χ0) is 13.2. The Labute approximate surface area is 103 Å². The maximum absolute atomic E-state index is 13.2. The largest absolute Gasteiger partial charge is 0.389 e. The minimum Gasteiger partial charge on any atom is -0.389 e. The summed E-state index contributed by atoms with van der Waals surface area (Å²) in [6.45, 7) is 8.03. The normalized spacial score (nSPS) is 13.6. The first-order chi connectivity index (χ1) is 7.79. The number of nitrogens with zero attached hydrogens (tertiary/aromatic N) is 1. The van der Waals surface area contributed by atoms with Crippen molar-refractivity contribution in [1.82, 2.24) is 0 Å². The van der Waals surface area contributed by atoms with Gasteiger partial charge in [0.1, 0.15) is 5.82 Å². The van der Waals surface area contributed by atoms with Gasteiger partial charge in [-0.3, -0.25) is 0 Å². The Morgan fingerprint density at radius 3 is 2.47 bits per heavy atom. The molecule has 1 aromatic carbocycles. The summed E-state index contributed by atoms with van der Waals surface area (Å²) in [4.78, 5) is 2.09. The molecule has 1 atom stereocenters. The summed E-state index contributed by atoms with van der Waals surface area (Å²) in [5.74, 6) is -0.313. The van der Waals surface area contributed by atoms with Gasteiger partial charge in [0.25, 0.3) is 0 Å². The van der Waals surface area contributed by atoms with Crippen molar-refractivity contribution >= 4 is 5.69 Å². The lowest BCUT2D eigenvalue weighted by Gasteiger charge is -2.38. The van der Waals surface area contributed by atoms with E-state index in [2.05, 4.69) is 25.7 Å². The monoisotopic (exact) mass is 239 g/mol. The molecule has 0 heterocycles. The molecule has 0 saturated heterocycles. The van der Waals surface area contributed by atoms with Crippen LogP contribution in [-0.4, -0.2) is 17.7 Å². The fourth-order valence-corrected chi connectivity index (χ4v) is 1.73. The predicted molar refractivity (Wildman–Crippen MR) is 69.8 cm³/mol. The van der Waals surface area contributed by atoms with Gasteiger partial charge in [0.15, 0.2) is 0 Å². The second kappa shape index (κ2) is 5.05. The van der Waals surface area contributed by atoms with Gasteiger partial charge in [-0.2, -0.15) is 0 Å². The molecule has 3 heteroatoms. The molecule has 0 spiro atoms. The van der Waals surface area contributed by atoms with Crippen LogP contribution in [0.1, 0.15) is 45.8 Å². The molecule has 0 radical (unpaired) electrons. The van der Waals surface area contributed by atoms with Crippen molar-refractivity contribution in [1.29, 1.82) is 0 Å². The second-order valence-corrected chi connectivity index (χ2v) is 5.10. The summed E-state index contributed by atoms with van der Waals surface area (Å²) in [5, 5.41) is 9.72. The first kappa shape index (κ1) is 14.0. The van der Waals surface area contributed by atoms with Crippen molar-refractivity contribution in [3.8, 4) is 0 Å². The molecule has 2 nitrogen and oxygen atoms in total. The fraction of sp³-hybridized carbons (Fsp3) is 0.571. The third-order valence-corrected chi connectivity index (χ3v) is 3.57. The van der Waals surface area contributed by atoms with Crippen molar-refractivity contribution in [3.05, 3.63) is 29.6 Å². The van der Waals surface area contributed by atoms with Crippen LogP contribution in [0, 0.1) is 5.82 Å². The Bertz CT molecular complexity index is 388. The molecule has 17 heavy (non-hydrogen) atoms. The van der Waals surface area contributed by atoms with Crippen LogP contribution in [0.5, 0.6) is 0 Å². The van der Waals surface area contributed by atoms with Crippen LogP contribution in [0.4, 0.5) is 10.1 Å². The van der Waals surface area contributed by atoms with Gasteiger partial charge in [0, 0.05) is 23.8 Å². The van der Waals surface area contributed by atoms with E-state index in [0.29, 0.717) is 5.56 Å². The molecular formula is C14H22FNO. The van der Waals surface area contributed by atoms with E-state index in [1.165, 1.54) is 12.1 Å². The molecule has 1 rings (SSSR count). The van der Waals surface area contributed by atoms with E-state index in [9.17, 15) is 9.50 Å². The SMILES string of the molecule is CCC(C)(C)N(C)c1ccc(F)cc1[C@H](C)O. The lowest BCUT2D eigenvalue weighted by molar-refractivity contribution is 0.199. The number of anilines is 1. The van der Waals surface area contributed by atoms with Gasteiger partial charge in [-0.25, -0.2) is 4.39 Å². The van der Waals surface area contributed by atoms with Gasteiger partial charge in [0.2, 0.25) is 0 Å². The first-order valence-corrected chi connectivity index (χ1v) is 6.01. The highest BCUT2D eigenvalue weighted by Gasteiger charge is 2.24. The van der Waals surface area contributed by atoms with E-state index in [0.717, 1.165) is 12.1 Å². The van der Waals surface area contributed by atoms with Crippen LogP contribution in [0.15, 0.2) is 18.2 Å². The van der Waals surface area contributed by atoms with E-state index in [1.807, 2.05) is 7.05 Å². The molecule has 0 aliphatic rings. The number of aliphatic hydroxyl groups is 1. The number of halogens is 1. The fourth-order valence-electron chi connectivity index (χ4n) is 1.73. The third kappa shape index (κ3) is 2.97. The molecular weight excluding hydrogens is 217 g/mol. The molecule has 1 N–H and O–H groups in total. The summed E-state index contributed by atoms with van der Waals surface area (Å²) in [6, 6.07) is 4.57. The summed E-state index contributed by atoms with van der Waals surface area (Å²) in [7, 11) is 1.97. The van der Waals surface area contributed by atoms with Crippen LogP contribution in [0.25, 0.3) is 0 Å². The van der Waals surface area contributed by atoms with Gasteiger partial charge in [-0.15, -0.1) is 0 Å². The Kier molecular flexibility index (Phi) is 4.15. The average molecular weight is 239 g/mol. The van der Waals surface area contributed by atoms with Crippen LogP contribution >= 0.6 is 0 Å². The number of hydrogen-bond donors (Lipinski definition) is 1. The molecule has 0 aliphatic heterocycles. The highest BCUT2D eigenvalue weighted by molar-refractivity contribution is 5.55. The molecule has 0 fully saturated rings.